The lowest BCUT2D eigenvalue weighted by molar-refractivity contribution is 0.0145. The molecule has 16 heavy (non-hydrogen) atoms. The maximum absolute atomic E-state index is 11.3. The minimum Gasteiger partial charge on any atom is -0.444 e. The second-order valence-electron chi connectivity index (χ2n) is 5.14. The van der Waals surface area contributed by atoms with E-state index in [1.807, 2.05) is 34.6 Å². The van der Waals surface area contributed by atoms with E-state index in [0.717, 1.165) is 0 Å². The summed E-state index contributed by atoms with van der Waals surface area (Å²) in [6.45, 7) is 10.0. The van der Waals surface area contributed by atoms with Crippen LogP contribution in [0.4, 0.5) is 4.79 Å². The van der Waals surface area contributed by atoms with E-state index in [0.29, 0.717) is 18.9 Å². The highest BCUT2D eigenvalue weighted by atomic mass is 16.6. The van der Waals surface area contributed by atoms with Crippen LogP contribution in [0.2, 0.25) is 0 Å². The molecule has 0 aliphatic heterocycles. The summed E-state index contributed by atoms with van der Waals surface area (Å²) in [6.07, 6.45) is 0.218. The molecule has 0 aliphatic rings. The van der Waals surface area contributed by atoms with E-state index in [1.165, 1.54) is 0 Å². The number of hydrogen-bond acceptors (Lipinski definition) is 4. The molecule has 0 heterocycles. The Morgan fingerprint density at radius 1 is 1.38 bits per heavy atom. The predicted molar refractivity (Wildman–Crippen MR) is 62.8 cm³/mol. The molecule has 0 aromatic carbocycles. The topological polar surface area (TPSA) is 73.6 Å². The zero-order chi connectivity index (χ0) is 12.8. The summed E-state index contributed by atoms with van der Waals surface area (Å²) in [5, 5.41) is 2.66. The molecule has 5 heteroatoms. The van der Waals surface area contributed by atoms with Crippen LogP contribution < -0.4 is 11.2 Å². The van der Waals surface area contributed by atoms with Crippen LogP contribution in [0.3, 0.4) is 0 Å². The Hall–Kier alpha value is -0.810. The standard InChI is InChI=1S/C11H24N2O3/c1-8(2)9(16-12)6-7-13-10(14)15-11(3,4)5/h8-9H,6-7,12H2,1-5H3,(H,13,14). The summed E-state index contributed by atoms with van der Waals surface area (Å²) >= 11 is 0. The molecule has 0 rings (SSSR count). The summed E-state index contributed by atoms with van der Waals surface area (Å²) in [7, 11) is 0. The molecule has 0 saturated carbocycles. The van der Waals surface area contributed by atoms with E-state index < -0.39 is 11.7 Å². The highest BCUT2D eigenvalue weighted by molar-refractivity contribution is 5.67. The first kappa shape index (κ1) is 15.2. The second-order valence-corrected chi connectivity index (χ2v) is 5.14. The fourth-order valence-corrected chi connectivity index (χ4v) is 1.19. The molecule has 0 fully saturated rings. The minimum atomic E-state index is -0.466. The average Bonchev–Trinajstić information content (AvgIpc) is 2.08. The van der Waals surface area contributed by atoms with Crippen LogP contribution >= 0.6 is 0 Å². The Kier molecular flexibility index (Phi) is 6.36. The van der Waals surface area contributed by atoms with Crippen molar-refractivity contribution in [1.29, 1.82) is 0 Å². The van der Waals surface area contributed by atoms with Crippen LogP contribution in [-0.4, -0.2) is 24.3 Å². The molecule has 0 spiro atoms. The summed E-state index contributed by atoms with van der Waals surface area (Å²) in [5.41, 5.74) is -0.466. The largest absolute Gasteiger partial charge is 0.444 e. The SMILES string of the molecule is CC(C)C(CCNC(=O)OC(C)(C)C)ON. The van der Waals surface area contributed by atoms with Gasteiger partial charge in [0.25, 0.3) is 0 Å². The molecule has 0 aliphatic carbocycles. The number of hydrogen-bond donors (Lipinski definition) is 2. The molecule has 0 aromatic rings. The number of carbonyl (C=O) groups excluding carboxylic acids is 1. The van der Waals surface area contributed by atoms with Crippen LogP contribution in [0, 0.1) is 5.92 Å². The van der Waals surface area contributed by atoms with Gasteiger partial charge in [-0.1, -0.05) is 13.8 Å². The molecule has 0 aromatic heterocycles. The first-order valence-electron chi connectivity index (χ1n) is 5.58. The third kappa shape index (κ3) is 7.48. The molecule has 0 saturated heterocycles. The van der Waals surface area contributed by atoms with Gasteiger partial charge in [-0.3, -0.25) is 0 Å². The van der Waals surface area contributed by atoms with Crippen molar-refractivity contribution in [2.24, 2.45) is 11.8 Å². The zero-order valence-corrected chi connectivity index (χ0v) is 10.9. The minimum absolute atomic E-state index is 0.0464. The monoisotopic (exact) mass is 232 g/mol. The lowest BCUT2D eigenvalue weighted by Crippen LogP contribution is -2.35. The van der Waals surface area contributed by atoms with Gasteiger partial charge in [-0.2, -0.15) is 0 Å². The highest BCUT2D eigenvalue weighted by Gasteiger charge is 2.17. The third-order valence-electron chi connectivity index (χ3n) is 2.02. The Morgan fingerprint density at radius 3 is 2.31 bits per heavy atom. The molecule has 0 bridgehead atoms. The molecule has 96 valence electrons. The Bertz CT molecular complexity index is 212. The van der Waals surface area contributed by atoms with E-state index in [2.05, 4.69) is 5.32 Å². The number of carbonyl (C=O) groups is 1. The first-order valence-corrected chi connectivity index (χ1v) is 5.58. The summed E-state index contributed by atoms with van der Waals surface area (Å²) in [5.74, 6) is 5.47. The van der Waals surface area contributed by atoms with Crippen molar-refractivity contribution < 1.29 is 14.4 Å². The van der Waals surface area contributed by atoms with Crippen LogP contribution in [0.1, 0.15) is 41.0 Å². The quantitative estimate of drug-likeness (QED) is 0.709. The predicted octanol–water partition coefficient (Wildman–Crippen LogP) is 1.82. The maximum atomic E-state index is 11.3. The van der Waals surface area contributed by atoms with Crippen LogP contribution in [0.5, 0.6) is 0 Å². The third-order valence-corrected chi connectivity index (χ3v) is 2.02. The highest BCUT2D eigenvalue weighted by Crippen LogP contribution is 2.09. The van der Waals surface area contributed by atoms with Gasteiger partial charge in [-0.05, 0) is 33.1 Å². The number of nitrogens with one attached hydrogen (secondary N) is 1. The smallest absolute Gasteiger partial charge is 0.407 e. The van der Waals surface area contributed by atoms with Crippen molar-refractivity contribution >= 4 is 6.09 Å². The zero-order valence-electron chi connectivity index (χ0n) is 10.9. The lowest BCUT2D eigenvalue weighted by Gasteiger charge is -2.21. The first-order chi connectivity index (χ1) is 7.26. The normalized spacial score (nSPS) is 13.7. The molecular formula is C11H24N2O3. The number of nitrogens with two attached hydrogens (primary N) is 1. The van der Waals surface area contributed by atoms with E-state index in [4.69, 9.17) is 15.5 Å². The van der Waals surface area contributed by atoms with Gasteiger partial charge in [-0.15, -0.1) is 0 Å². The van der Waals surface area contributed by atoms with Gasteiger partial charge in [0.1, 0.15) is 5.60 Å². The van der Waals surface area contributed by atoms with Gasteiger partial charge in [-0.25, -0.2) is 10.7 Å². The lowest BCUT2D eigenvalue weighted by atomic mass is 10.0. The second kappa shape index (κ2) is 6.70. The molecule has 0 radical (unpaired) electrons. The summed E-state index contributed by atoms with van der Waals surface area (Å²) in [4.78, 5) is 16.1. The molecule has 3 N–H and O–H groups in total. The van der Waals surface area contributed by atoms with Gasteiger partial charge < -0.3 is 14.9 Å². The summed E-state index contributed by atoms with van der Waals surface area (Å²) < 4.78 is 5.09. The van der Waals surface area contributed by atoms with Crippen LogP contribution in [0.25, 0.3) is 0 Å². The van der Waals surface area contributed by atoms with Gasteiger partial charge >= 0.3 is 6.09 Å². The summed E-state index contributed by atoms with van der Waals surface area (Å²) in [6, 6.07) is 0. The van der Waals surface area contributed by atoms with E-state index >= 15 is 0 Å². The number of ether oxygens (including phenoxy) is 1. The van der Waals surface area contributed by atoms with Crippen LogP contribution in [-0.2, 0) is 9.57 Å². The van der Waals surface area contributed by atoms with Crippen LogP contribution in [0.15, 0.2) is 0 Å². The fourth-order valence-electron chi connectivity index (χ4n) is 1.19. The Labute approximate surface area is 97.6 Å². The van der Waals surface area contributed by atoms with Crippen molar-refractivity contribution in [3.8, 4) is 0 Å². The fraction of sp³-hybridized carbons (Fsp3) is 0.909. The van der Waals surface area contributed by atoms with Crippen molar-refractivity contribution in [2.75, 3.05) is 6.54 Å². The number of amides is 1. The average molecular weight is 232 g/mol. The van der Waals surface area contributed by atoms with Crippen molar-refractivity contribution in [1.82, 2.24) is 5.32 Å². The van der Waals surface area contributed by atoms with Crippen molar-refractivity contribution in [2.45, 2.75) is 52.7 Å². The van der Waals surface area contributed by atoms with Crippen molar-refractivity contribution in [3.63, 3.8) is 0 Å². The Morgan fingerprint density at radius 2 is 1.94 bits per heavy atom. The van der Waals surface area contributed by atoms with Crippen molar-refractivity contribution in [3.05, 3.63) is 0 Å². The molecule has 5 nitrogen and oxygen atoms in total. The van der Waals surface area contributed by atoms with E-state index in [9.17, 15) is 4.79 Å². The van der Waals surface area contributed by atoms with Gasteiger partial charge in [0.2, 0.25) is 0 Å². The number of rotatable bonds is 5. The van der Waals surface area contributed by atoms with E-state index in [1.54, 1.807) is 0 Å². The molecule has 1 unspecified atom stereocenters. The van der Waals surface area contributed by atoms with Gasteiger partial charge in [0.05, 0.1) is 6.10 Å². The van der Waals surface area contributed by atoms with Gasteiger partial charge in [0.15, 0.2) is 0 Å². The number of alkyl carbamates (subject to hydrolysis) is 1. The molecular weight excluding hydrogens is 208 g/mol. The Balaban J connectivity index is 3.77. The molecule has 1 atom stereocenters. The maximum Gasteiger partial charge on any atom is 0.407 e. The molecule has 1 amide bonds. The van der Waals surface area contributed by atoms with Gasteiger partial charge in [0, 0.05) is 6.54 Å². The van der Waals surface area contributed by atoms with E-state index in [-0.39, 0.29) is 6.10 Å².